The number of hydrogen-bond acceptors (Lipinski definition) is 10. The summed E-state index contributed by atoms with van der Waals surface area (Å²) in [4.78, 5) is 25.0. The highest BCUT2D eigenvalue weighted by Crippen LogP contribution is 2.23. The van der Waals surface area contributed by atoms with Crippen LogP contribution in [0, 0.1) is 0 Å². The second kappa shape index (κ2) is 49.3. The first-order chi connectivity index (χ1) is 34.7. The van der Waals surface area contributed by atoms with Crippen LogP contribution in [0.1, 0.15) is 232 Å². The predicted octanol–water partition coefficient (Wildman–Crippen LogP) is 12.8. The molecule has 6 N–H and O–H groups in total. The van der Waals surface area contributed by atoms with E-state index in [0.29, 0.717) is 25.9 Å². The second-order valence-corrected chi connectivity index (χ2v) is 19.7. The fourth-order valence-electron chi connectivity index (χ4n) is 8.52. The van der Waals surface area contributed by atoms with Crippen molar-refractivity contribution in [2.45, 2.75) is 275 Å². The molecule has 0 aromatic heterocycles. The average Bonchev–Trinajstić information content (AvgIpc) is 3.37. The van der Waals surface area contributed by atoms with Crippen molar-refractivity contribution >= 4 is 11.9 Å². The van der Waals surface area contributed by atoms with Gasteiger partial charge in [-0.1, -0.05) is 183 Å². The second-order valence-electron chi connectivity index (χ2n) is 19.7. The first-order valence-corrected chi connectivity index (χ1v) is 28.7. The molecule has 1 rings (SSSR count). The molecule has 0 saturated carbocycles. The van der Waals surface area contributed by atoms with Crippen molar-refractivity contribution in [3.63, 3.8) is 0 Å². The van der Waals surface area contributed by atoms with Gasteiger partial charge in [0.25, 0.3) is 0 Å². The fraction of sp³-hybridized carbons (Fsp3) is 0.767. The average molecular weight is 1000 g/mol. The molecule has 1 heterocycles. The highest BCUT2D eigenvalue weighted by molar-refractivity contribution is 5.76. The van der Waals surface area contributed by atoms with E-state index >= 15 is 0 Å². The van der Waals surface area contributed by atoms with Crippen LogP contribution >= 0.6 is 0 Å². The topological polar surface area (TPSA) is 175 Å². The van der Waals surface area contributed by atoms with Crippen LogP contribution in [-0.2, 0) is 23.8 Å². The molecule has 1 fully saturated rings. The van der Waals surface area contributed by atoms with Crippen LogP contribution in [0.25, 0.3) is 0 Å². The van der Waals surface area contributed by atoms with Crippen molar-refractivity contribution in [2.24, 2.45) is 0 Å². The lowest BCUT2D eigenvalue weighted by atomic mass is 9.99. The van der Waals surface area contributed by atoms with Crippen molar-refractivity contribution in [2.75, 3.05) is 19.8 Å². The van der Waals surface area contributed by atoms with Crippen molar-refractivity contribution in [1.29, 1.82) is 0 Å². The standard InChI is InChI=1S/C60H105NO10/c1-3-5-7-9-11-13-14-15-21-25-28-32-36-40-44-48-56(65)69-49-45-41-37-33-29-26-23-20-18-16-17-19-22-24-27-31-35-39-43-47-55(64)61-52(53(63)46-42-38-34-30-12-10-8-6-4-2)51-70-60-59(68)58(67)57(66)54(50-62)71-60/h4,6,12,15,20-21,23,26,29-30,42,46,52-54,57-60,62-63,66-68H,3,5,7-11,13-14,16-19,22,24-25,27-28,31-41,43-45,47-51H2,1-2H3,(H,61,64)/b6-4+,21-15-,23-20-,29-26-,30-12+,46-42+. The van der Waals surface area contributed by atoms with E-state index < -0.39 is 49.5 Å². The molecule has 0 aliphatic carbocycles. The van der Waals surface area contributed by atoms with Gasteiger partial charge in [0.05, 0.1) is 32.0 Å². The van der Waals surface area contributed by atoms with Crippen LogP contribution in [0.2, 0.25) is 0 Å². The minimum atomic E-state index is -1.58. The Labute approximate surface area is 432 Å². The molecule has 1 saturated heterocycles. The maximum absolute atomic E-state index is 13.0. The Hall–Kier alpha value is -2.90. The molecule has 11 heteroatoms. The Morgan fingerprint density at radius 2 is 1.01 bits per heavy atom. The summed E-state index contributed by atoms with van der Waals surface area (Å²) in [6.45, 7) is 4.01. The summed E-state index contributed by atoms with van der Waals surface area (Å²) in [5, 5.41) is 54.1. The van der Waals surface area contributed by atoms with E-state index in [2.05, 4.69) is 66.9 Å². The number of aliphatic hydroxyl groups is 5. The van der Waals surface area contributed by atoms with Crippen LogP contribution in [-0.4, -0.2) is 100 Å². The number of esters is 1. The number of carbonyl (C=O) groups is 2. The summed E-state index contributed by atoms with van der Waals surface area (Å²) >= 11 is 0. The molecule has 0 bridgehead atoms. The number of amides is 1. The number of unbranched alkanes of at least 4 members (excludes halogenated alkanes) is 26. The highest BCUT2D eigenvalue weighted by Gasteiger charge is 2.44. The maximum atomic E-state index is 13.0. The van der Waals surface area contributed by atoms with Gasteiger partial charge in [0.1, 0.15) is 24.4 Å². The zero-order chi connectivity index (χ0) is 51.7. The van der Waals surface area contributed by atoms with Gasteiger partial charge in [-0.2, -0.15) is 0 Å². The molecule has 7 unspecified atom stereocenters. The van der Waals surface area contributed by atoms with Gasteiger partial charge in [0.15, 0.2) is 6.29 Å². The zero-order valence-electron chi connectivity index (χ0n) is 44.9. The summed E-state index contributed by atoms with van der Waals surface area (Å²) in [6.07, 6.45) is 54.5. The van der Waals surface area contributed by atoms with E-state index in [4.69, 9.17) is 14.2 Å². The van der Waals surface area contributed by atoms with E-state index in [9.17, 15) is 35.1 Å². The molecule has 1 aliphatic heterocycles. The molecule has 1 amide bonds. The van der Waals surface area contributed by atoms with E-state index in [1.165, 1.54) is 109 Å². The molecule has 0 aromatic rings. The normalized spacial score (nSPS) is 19.7. The Bertz CT molecular complexity index is 1410. The smallest absolute Gasteiger partial charge is 0.305 e. The Morgan fingerprint density at radius 1 is 0.549 bits per heavy atom. The Balaban J connectivity index is 2.07. The van der Waals surface area contributed by atoms with Gasteiger partial charge < -0.3 is 45.1 Å². The quantitative estimate of drug-likeness (QED) is 0.0149. The molecule has 1 aliphatic rings. The summed E-state index contributed by atoms with van der Waals surface area (Å²) in [5.74, 6) is -0.250. The van der Waals surface area contributed by atoms with E-state index in [1.807, 2.05) is 19.1 Å². The molecule has 410 valence electrons. The van der Waals surface area contributed by atoms with Crippen LogP contribution < -0.4 is 5.32 Å². The predicted molar refractivity (Wildman–Crippen MR) is 292 cm³/mol. The highest BCUT2D eigenvalue weighted by atomic mass is 16.7. The lowest BCUT2D eigenvalue weighted by Crippen LogP contribution is -2.60. The van der Waals surface area contributed by atoms with Crippen LogP contribution in [0.4, 0.5) is 0 Å². The fourth-order valence-corrected chi connectivity index (χ4v) is 8.52. The number of allylic oxidation sites excluding steroid dienone is 11. The van der Waals surface area contributed by atoms with Gasteiger partial charge >= 0.3 is 5.97 Å². The first-order valence-electron chi connectivity index (χ1n) is 28.7. The van der Waals surface area contributed by atoms with Crippen molar-refractivity contribution in [1.82, 2.24) is 5.32 Å². The van der Waals surface area contributed by atoms with Crippen molar-refractivity contribution in [3.05, 3.63) is 72.9 Å². The molecule has 0 aromatic carbocycles. The van der Waals surface area contributed by atoms with Gasteiger partial charge in [-0.3, -0.25) is 9.59 Å². The third kappa shape index (κ3) is 39.3. The van der Waals surface area contributed by atoms with Gasteiger partial charge in [-0.15, -0.1) is 0 Å². The minimum Gasteiger partial charge on any atom is -0.466 e. The van der Waals surface area contributed by atoms with E-state index in [1.54, 1.807) is 6.08 Å². The molecular formula is C60H105NO10. The molecule has 71 heavy (non-hydrogen) atoms. The molecule has 11 nitrogen and oxygen atoms in total. The number of aliphatic hydroxyl groups excluding tert-OH is 5. The minimum absolute atomic E-state index is 0.0385. The molecule has 0 radical (unpaired) electrons. The number of hydrogen-bond donors (Lipinski definition) is 6. The number of rotatable bonds is 48. The van der Waals surface area contributed by atoms with Crippen molar-refractivity contribution in [3.8, 4) is 0 Å². The Kier molecular flexibility index (Phi) is 45.9. The van der Waals surface area contributed by atoms with Crippen molar-refractivity contribution < 1.29 is 49.3 Å². The van der Waals surface area contributed by atoms with Crippen LogP contribution in [0.5, 0.6) is 0 Å². The van der Waals surface area contributed by atoms with Gasteiger partial charge in [-0.05, 0) is 110 Å². The Morgan fingerprint density at radius 3 is 1.56 bits per heavy atom. The van der Waals surface area contributed by atoms with Gasteiger partial charge in [-0.25, -0.2) is 0 Å². The number of nitrogens with one attached hydrogen (secondary N) is 1. The maximum Gasteiger partial charge on any atom is 0.305 e. The van der Waals surface area contributed by atoms with E-state index in [0.717, 1.165) is 89.9 Å². The van der Waals surface area contributed by atoms with Gasteiger partial charge in [0, 0.05) is 12.8 Å². The summed E-state index contributed by atoms with van der Waals surface area (Å²) < 4.78 is 16.6. The monoisotopic (exact) mass is 1000 g/mol. The van der Waals surface area contributed by atoms with Gasteiger partial charge in [0.2, 0.25) is 5.91 Å². The molecule has 0 spiro atoms. The SMILES string of the molecule is C/C=C/CC/C=C/CC/C=C/C(O)C(COC1OC(CO)C(O)C(O)C1O)NC(=O)CCCCCCCCCCCC/C=C\C=C/CCCCCOC(=O)CCCCCCC/C=C\CCCCCCCC. The number of ether oxygens (including phenoxy) is 3. The lowest BCUT2D eigenvalue weighted by molar-refractivity contribution is -0.302. The summed E-state index contributed by atoms with van der Waals surface area (Å²) in [6, 6.07) is -0.843. The van der Waals surface area contributed by atoms with Crippen LogP contribution in [0.3, 0.4) is 0 Å². The lowest BCUT2D eigenvalue weighted by Gasteiger charge is -2.40. The zero-order valence-corrected chi connectivity index (χ0v) is 44.9. The third-order valence-electron chi connectivity index (χ3n) is 13.1. The third-order valence-corrected chi connectivity index (χ3v) is 13.1. The number of carbonyl (C=O) groups excluding carboxylic acids is 2. The summed E-state index contributed by atoms with van der Waals surface area (Å²) in [7, 11) is 0. The summed E-state index contributed by atoms with van der Waals surface area (Å²) in [5.41, 5.74) is 0. The molecule has 7 atom stereocenters. The van der Waals surface area contributed by atoms with E-state index in [-0.39, 0.29) is 18.5 Å². The molecular weight excluding hydrogens is 895 g/mol. The van der Waals surface area contributed by atoms with Crippen LogP contribution in [0.15, 0.2) is 72.9 Å². The largest absolute Gasteiger partial charge is 0.466 e. The first kappa shape index (κ1) is 66.1.